The zero-order valence-electron chi connectivity index (χ0n) is 16.3. The summed E-state index contributed by atoms with van der Waals surface area (Å²) in [7, 11) is 1.56. The number of ether oxygens (including phenoxy) is 1. The molecule has 1 unspecified atom stereocenters. The molecular formula is C20H20FN5O3. The zero-order chi connectivity index (χ0) is 20.3. The topological polar surface area (TPSA) is 87.5 Å². The van der Waals surface area contributed by atoms with E-state index in [-0.39, 0.29) is 22.8 Å². The summed E-state index contributed by atoms with van der Waals surface area (Å²) in [6.45, 7) is 4.22. The van der Waals surface area contributed by atoms with E-state index in [1.54, 1.807) is 17.6 Å². The summed E-state index contributed by atoms with van der Waals surface area (Å²) in [5.41, 5.74) is 1.39. The lowest BCUT2D eigenvalue weighted by atomic mass is 10.1. The lowest BCUT2D eigenvalue weighted by Crippen LogP contribution is -2.28. The van der Waals surface area contributed by atoms with Crippen molar-refractivity contribution in [2.75, 3.05) is 13.7 Å². The van der Waals surface area contributed by atoms with Gasteiger partial charge in [0.1, 0.15) is 23.4 Å². The number of aromatic nitrogens is 5. The Kier molecular flexibility index (Phi) is 3.86. The van der Waals surface area contributed by atoms with Gasteiger partial charge in [-0.25, -0.2) is 9.37 Å². The van der Waals surface area contributed by atoms with Crippen LogP contribution in [0.25, 0.3) is 28.1 Å². The van der Waals surface area contributed by atoms with Gasteiger partial charge in [-0.15, -0.1) is 0 Å². The quantitative estimate of drug-likeness (QED) is 0.514. The lowest BCUT2D eigenvalue weighted by molar-refractivity contribution is 0.162. The summed E-state index contributed by atoms with van der Waals surface area (Å²) < 4.78 is 27.8. The summed E-state index contributed by atoms with van der Waals surface area (Å²) in [6.07, 6.45) is 3.53. The fourth-order valence-electron chi connectivity index (χ4n) is 3.74. The first-order chi connectivity index (χ1) is 13.9. The lowest BCUT2D eigenvalue weighted by Gasteiger charge is -2.18. The summed E-state index contributed by atoms with van der Waals surface area (Å²) in [5.74, 6) is 0.417. The number of nitrogens with zero attached hydrogens (tertiary/aromatic N) is 5. The molecule has 150 valence electrons. The smallest absolute Gasteiger partial charge is 0.278 e. The number of fused-ring (bicyclic) bond motifs is 3. The Morgan fingerprint density at radius 1 is 1.34 bits per heavy atom. The van der Waals surface area contributed by atoms with E-state index in [0.717, 1.165) is 12.8 Å². The van der Waals surface area contributed by atoms with Gasteiger partial charge in [-0.1, -0.05) is 12.1 Å². The Hall–Kier alpha value is -3.07. The summed E-state index contributed by atoms with van der Waals surface area (Å²) in [4.78, 5) is 22.4. The van der Waals surface area contributed by atoms with Crippen molar-refractivity contribution in [3.8, 4) is 11.5 Å². The highest BCUT2D eigenvalue weighted by Gasteiger charge is 2.44. The van der Waals surface area contributed by atoms with Gasteiger partial charge in [-0.2, -0.15) is 4.98 Å². The molecule has 0 radical (unpaired) electrons. The molecule has 0 aliphatic heterocycles. The van der Waals surface area contributed by atoms with Crippen LogP contribution in [0.5, 0.6) is 0 Å². The van der Waals surface area contributed by atoms with E-state index in [4.69, 9.17) is 9.26 Å². The van der Waals surface area contributed by atoms with Crippen molar-refractivity contribution in [1.29, 1.82) is 0 Å². The first kappa shape index (κ1) is 18.0. The third kappa shape index (κ3) is 2.68. The molecule has 9 heteroatoms. The Balaban J connectivity index is 1.80. The standard InChI is InChI=1S/C20H20FN5O3/c1-11(9-28-3)26-14-8-12(21)4-5-13(14)25-10-22-15(16(25)18(26)27)17-23-19(29-24-17)20(2)6-7-20/h4-5,8,10-11H,6-7,9H2,1-3H3. The minimum Gasteiger partial charge on any atom is -0.383 e. The molecular weight excluding hydrogens is 377 g/mol. The molecule has 8 nitrogen and oxygen atoms in total. The van der Waals surface area contributed by atoms with Gasteiger partial charge >= 0.3 is 0 Å². The first-order valence-electron chi connectivity index (χ1n) is 9.47. The largest absolute Gasteiger partial charge is 0.383 e. The predicted octanol–water partition coefficient (Wildman–Crippen LogP) is 3.10. The van der Waals surface area contributed by atoms with E-state index < -0.39 is 5.82 Å². The monoisotopic (exact) mass is 397 g/mol. The van der Waals surface area contributed by atoms with E-state index in [9.17, 15) is 9.18 Å². The minimum absolute atomic E-state index is 0.0851. The van der Waals surface area contributed by atoms with Crippen molar-refractivity contribution >= 4 is 16.6 Å². The van der Waals surface area contributed by atoms with Crippen LogP contribution in [0.4, 0.5) is 4.39 Å². The van der Waals surface area contributed by atoms with Crippen LogP contribution in [-0.4, -0.2) is 37.8 Å². The van der Waals surface area contributed by atoms with Crippen LogP contribution in [-0.2, 0) is 10.2 Å². The Morgan fingerprint density at radius 2 is 2.14 bits per heavy atom. The van der Waals surface area contributed by atoms with Crippen molar-refractivity contribution in [2.45, 2.75) is 38.1 Å². The number of imidazole rings is 1. The van der Waals surface area contributed by atoms with E-state index in [1.165, 1.54) is 23.0 Å². The first-order valence-corrected chi connectivity index (χ1v) is 9.47. The number of hydrogen-bond acceptors (Lipinski definition) is 6. The van der Waals surface area contributed by atoms with Crippen molar-refractivity contribution in [2.24, 2.45) is 0 Å². The fourth-order valence-corrected chi connectivity index (χ4v) is 3.74. The maximum Gasteiger partial charge on any atom is 0.278 e. The van der Waals surface area contributed by atoms with Crippen LogP contribution in [0.1, 0.15) is 38.6 Å². The SMILES string of the molecule is COCC(C)n1c(=O)c2c(-c3noc(C4(C)CC4)n3)ncn2c2ccc(F)cc21. The molecule has 1 aliphatic rings. The predicted molar refractivity (Wildman–Crippen MR) is 103 cm³/mol. The van der Waals surface area contributed by atoms with E-state index in [1.807, 2.05) is 6.92 Å². The normalized spacial score (nSPS) is 16.6. The molecule has 4 aromatic rings. The van der Waals surface area contributed by atoms with Crippen LogP contribution >= 0.6 is 0 Å². The van der Waals surface area contributed by atoms with Gasteiger partial charge in [-0.05, 0) is 38.0 Å². The number of methoxy groups -OCH3 is 1. The fraction of sp³-hybridized carbons (Fsp3) is 0.400. The zero-order valence-corrected chi connectivity index (χ0v) is 16.3. The third-order valence-corrected chi connectivity index (χ3v) is 5.65. The van der Waals surface area contributed by atoms with Crippen LogP contribution < -0.4 is 5.56 Å². The maximum atomic E-state index is 14.0. The number of rotatable bonds is 5. The number of benzene rings is 1. The maximum absolute atomic E-state index is 14.0. The summed E-state index contributed by atoms with van der Waals surface area (Å²) >= 11 is 0. The third-order valence-electron chi connectivity index (χ3n) is 5.65. The highest BCUT2D eigenvalue weighted by Crippen LogP contribution is 2.47. The van der Waals surface area contributed by atoms with Crippen LogP contribution in [0, 0.1) is 5.82 Å². The van der Waals surface area contributed by atoms with Gasteiger partial charge < -0.3 is 9.26 Å². The molecule has 0 spiro atoms. The molecule has 0 bridgehead atoms. The Morgan fingerprint density at radius 3 is 2.86 bits per heavy atom. The van der Waals surface area contributed by atoms with E-state index >= 15 is 0 Å². The minimum atomic E-state index is -0.421. The molecule has 1 saturated carbocycles. The van der Waals surface area contributed by atoms with Gasteiger partial charge in [0.05, 0.1) is 23.7 Å². The molecule has 0 amide bonds. The molecule has 3 heterocycles. The van der Waals surface area contributed by atoms with Gasteiger partial charge in [-0.3, -0.25) is 13.8 Å². The molecule has 3 aromatic heterocycles. The highest BCUT2D eigenvalue weighted by molar-refractivity contribution is 5.83. The second kappa shape index (κ2) is 6.21. The van der Waals surface area contributed by atoms with Crippen molar-refractivity contribution < 1.29 is 13.7 Å². The van der Waals surface area contributed by atoms with Gasteiger partial charge in [0.25, 0.3) is 5.56 Å². The Bertz CT molecular complexity index is 1300. The number of halogens is 1. The van der Waals surface area contributed by atoms with Gasteiger partial charge in [0, 0.05) is 12.5 Å². The summed E-state index contributed by atoms with van der Waals surface area (Å²) in [5, 5.41) is 4.07. The molecule has 1 aromatic carbocycles. The van der Waals surface area contributed by atoms with Crippen LogP contribution in [0.3, 0.4) is 0 Å². The van der Waals surface area contributed by atoms with Crippen molar-refractivity contribution in [1.82, 2.24) is 24.1 Å². The molecule has 0 saturated heterocycles. The molecule has 1 atom stereocenters. The van der Waals surface area contributed by atoms with Crippen LogP contribution in [0.15, 0.2) is 33.8 Å². The average molecular weight is 397 g/mol. The molecule has 29 heavy (non-hydrogen) atoms. The average Bonchev–Trinajstić information content (AvgIpc) is 3.10. The second-order valence-electron chi connectivity index (χ2n) is 7.91. The highest BCUT2D eigenvalue weighted by atomic mass is 19.1. The van der Waals surface area contributed by atoms with Gasteiger partial charge in [0.2, 0.25) is 11.7 Å². The van der Waals surface area contributed by atoms with Crippen LogP contribution in [0.2, 0.25) is 0 Å². The van der Waals surface area contributed by atoms with Crippen molar-refractivity contribution in [3.05, 3.63) is 46.6 Å². The van der Waals surface area contributed by atoms with Gasteiger partial charge in [0.15, 0.2) is 0 Å². The van der Waals surface area contributed by atoms with E-state index in [0.29, 0.717) is 34.7 Å². The molecule has 1 fully saturated rings. The molecule has 5 rings (SSSR count). The molecule has 1 aliphatic carbocycles. The summed E-state index contributed by atoms with van der Waals surface area (Å²) in [6, 6.07) is 4.03. The number of hydrogen-bond donors (Lipinski definition) is 0. The second-order valence-corrected chi connectivity index (χ2v) is 7.91. The Labute approximate surface area is 164 Å². The van der Waals surface area contributed by atoms with Crippen molar-refractivity contribution in [3.63, 3.8) is 0 Å². The molecule has 0 N–H and O–H groups in total. The van der Waals surface area contributed by atoms with E-state index in [2.05, 4.69) is 22.0 Å².